The van der Waals surface area contributed by atoms with E-state index in [1.165, 1.54) is 21.3 Å². The molecule has 0 bridgehead atoms. The van der Waals surface area contributed by atoms with Crippen LogP contribution in [0, 0.1) is 3.57 Å². The van der Waals surface area contributed by atoms with Gasteiger partial charge in [-0.3, -0.25) is 9.59 Å². The number of hydrogen-bond donors (Lipinski definition) is 1. The number of halogens is 1. The molecule has 12 nitrogen and oxygen atoms in total. The monoisotopic (exact) mass is 791 g/mol. The molecular formula is C36H42INO11. The Morgan fingerprint density at radius 1 is 1.00 bits per heavy atom. The molecule has 2 aliphatic rings. The number of nitrogens with zero attached hydrogens (tertiary/aromatic N) is 1. The smallest absolute Gasteiger partial charge is 0.262 e. The predicted molar refractivity (Wildman–Crippen MR) is 190 cm³/mol. The lowest BCUT2D eigenvalue weighted by Crippen LogP contribution is -2.32. The minimum atomic E-state index is -0.907. The third-order valence-electron chi connectivity index (χ3n) is 9.36. The molecule has 13 heteroatoms. The number of aryl methyl sites for hydroxylation is 2. The maximum Gasteiger partial charge on any atom is 0.262 e. The van der Waals surface area contributed by atoms with Crippen molar-refractivity contribution in [1.29, 1.82) is 0 Å². The summed E-state index contributed by atoms with van der Waals surface area (Å²) < 4.78 is 49.9. The van der Waals surface area contributed by atoms with Crippen molar-refractivity contribution in [3.63, 3.8) is 0 Å². The number of benzene rings is 2. The molecular weight excluding hydrogens is 749 g/mol. The summed E-state index contributed by atoms with van der Waals surface area (Å²) >= 11 is 2.06. The highest BCUT2D eigenvalue weighted by atomic mass is 127. The first-order valence-electron chi connectivity index (χ1n) is 16.2. The van der Waals surface area contributed by atoms with Gasteiger partial charge >= 0.3 is 0 Å². The summed E-state index contributed by atoms with van der Waals surface area (Å²) in [4.78, 5) is 27.8. The van der Waals surface area contributed by atoms with E-state index in [9.17, 15) is 14.7 Å². The van der Waals surface area contributed by atoms with E-state index in [0.717, 1.165) is 17.7 Å². The Labute approximate surface area is 297 Å². The third-order valence-corrected chi connectivity index (χ3v) is 10.5. The van der Waals surface area contributed by atoms with Crippen molar-refractivity contribution < 1.29 is 42.7 Å². The van der Waals surface area contributed by atoms with E-state index in [-0.39, 0.29) is 39.9 Å². The lowest BCUT2D eigenvalue weighted by Gasteiger charge is -2.30. The first-order chi connectivity index (χ1) is 23.4. The number of fused-ring (bicyclic) bond motifs is 5. The second kappa shape index (κ2) is 13.7. The number of aromatic nitrogens is 1. The summed E-state index contributed by atoms with van der Waals surface area (Å²) in [6.45, 7) is 5.65. The molecule has 2 aromatic heterocycles. The van der Waals surface area contributed by atoms with Crippen molar-refractivity contribution in [2.45, 2.75) is 77.0 Å². The van der Waals surface area contributed by atoms with Crippen LogP contribution in [0.5, 0.6) is 23.0 Å². The van der Waals surface area contributed by atoms with Crippen LogP contribution in [-0.2, 0) is 45.3 Å². The number of aromatic hydroxyl groups is 1. The van der Waals surface area contributed by atoms with Gasteiger partial charge in [0.05, 0.1) is 42.0 Å². The molecule has 49 heavy (non-hydrogen) atoms. The molecule has 2 aromatic carbocycles. The maximum absolute atomic E-state index is 14.4. The maximum atomic E-state index is 14.4. The molecule has 4 aromatic rings. The second-order valence-electron chi connectivity index (χ2n) is 12.8. The number of ether oxygens (including phenoxy) is 7. The number of phenolic OH excluding ortho intramolecular Hbond substituents is 1. The van der Waals surface area contributed by atoms with Gasteiger partial charge in [-0.15, -0.1) is 0 Å². The van der Waals surface area contributed by atoms with Gasteiger partial charge in [0.15, 0.2) is 17.1 Å². The molecule has 0 spiro atoms. The van der Waals surface area contributed by atoms with Crippen molar-refractivity contribution in [2.24, 2.45) is 7.05 Å². The van der Waals surface area contributed by atoms with E-state index in [1.54, 1.807) is 24.8 Å². The van der Waals surface area contributed by atoms with Crippen LogP contribution in [0.3, 0.4) is 0 Å². The Morgan fingerprint density at radius 3 is 2.39 bits per heavy atom. The highest BCUT2D eigenvalue weighted by molar-refractivity contribution is 14.1. The molecule has 0 unspecified atom stereocenters. The van der Waals surface area contributed by atoms with Crippen molar-refractivity contribution in [3.8, 4) is 23.0 Å². The predicted octanol–water partition coefficient (Wildman–Crippen LogP) is 5.98. The minimum Gasteiger partial charge on any atom is -0.506 e. The molecule has 1 aliphatic heterocycles. The summed E-state index contributed by atoms with van der Waals surface area (Å²) in [6.07, 6.45) is 1.01. The van der Waals surface area contributed by atoms with Gasteiger partial charge in [-0.25, -0.2) is 0 Å². The van der Waals surface area contributed by atoms with Crippen LogP contribution in [0.1, 0.15) is 74.0 Å². The van der Waals surface area contributed by atoms with Crippen molar-refractivity contribution in [1.82, 2.24) is 4.57 Å². The summed E-state index contributed by atoms with van der Waals surface area (Å²) in [7, 11) is 7.82. The fraction of sp³-hybridized carbons (Fsp3) is 0.500. The van der Waals surface area contributed by atoms with Gasteiger partial charge in [0, 0.05) is 42.8 Å². The van der Waals surface area contributed by atoms with Gasteiger partial charge < -0.3 is 47.2 Å². The molecule has 264 valence electrons. The van der Waals surface area contributed by atoms with Crippen LogP contribution in [-0.4, -0.2) is 56.8 Å². The molecule has 1 aliphatic carbocycles. The first kappa shape index (κ1) is 35.5. The van der Waals surface area contributed by atoms with E-state index in [2.05, 4.69) is 22.6 Å². The largest absolute Gasteiger partial charge is 0.506 e. The van der Waals surface area contributed by atoms with E-state index < -0.39 is 24.1 Å². The zero-order chi connectivity index (χ0) is 35.4. The zero-order valence-electron chi connectivity index (χ0n) is 29.0. The summed E-state index contributed by atoms with van der Waals surface area (Å²) in [5.41, 5.74) is 2.23. The average molecular weight is 792 g/mol. The van der Waals surface area contributed by atoms with E-state index >= 15 is 0 Å². The first-order valence-corrected chi connectivity index (χ1v) is 17.3. The van der Waals surface area contributed by atoms with Crippen LogP contribution in [0.2, 0.25) is 0 Å². The van der Waals surface area contributed by atoms with Crippen LogP contribution in [0.4, 0.5) is 0 Å². The quantitative estimate of drug-likeness (QED) is 0.142. The third kappa shape index (κ3) is 5.96. The molecule has 0 amide bonds. The van der Waals surface area contributed by atoms with Gasteiger partial charge in [0.25, 0.3) is 5.56 Å². The van der Waals surface area contributed by atoms with Crippen molar-refractivity contribution in [2.75, 3.05) is 35.2 Å². The van der Waals surface area contributed by atoms with Crippen LogP contribution < -0.4 is 25.2 Å². The summed E-state index contributed by atoms with van der Waals surface area (Å²) in [6, 6.07) is 3.69. The fourth-order valence-electron chi connectivity index (χ4n) is 7.22. The summed E-state index contributed by atoms with van der Waals surface area (Å²) in [5.74, 6) is 0.537. The molecule has 3 heterocycles. The van der Waals surface area contributed by atoms with Crippen molar-refractivity contribution in [3.05, 3.63) is 64.4 Å². The lowest BCUT2D eigenvalue weighted by molar-refractivity contribution is -0.150. The number of hydrogen-bond acceptors (Lipinski definition) is 11. The number of rotatable bonds is 11. The Morgan fingerprint density at radius 2 is 1.73 bits per heavy atom. The highest BCUT2D eigenvalue weighted by Crippen LogP contribution is 2.50. The topological polar surface area (TPSA) is 137 Å². The molecule has 1 saturated heterocycles. The standard InChI is InChI=1S/C36H42INO11/c1-9-10-18-14-20-24(35(41)38(18)4)29(40)27(37)19(31(20)45-8)12-11-17-13-21(43-6)25-28(39)26-32(47-34(25)30(17)44-7)22(46-16-42-5)15-23-33(26)49-36(2,3)48-23/h13-14,22-23,33,40H,9-12,15-16H2,1-8H3/t22-,23-,33-/m1/s1. The average Bonchev–Trinajstić information content (AvgIpc) is 3.39. The zero-order valence-corrected chi connectivity index (χ0v) is 31.1. The Balaban J connectivity index is 1.50. The Bertz CT molecular complexity index is 2050. The molecule has 3 atom stereocenters. The van der Waals surface area contributed by atoms with Gasteiger partial charge in [0.2, 0.25) is 5.43 Å². The van der Waals surface area contributed by atoms with Crippen LogP contribution >= 0.6 is 22.6 Å². The van der Waals surface area contributed by atoms with Gasteiger partial charge in [-0.2, -0.15) is 0 Å². The van der Waals surface area contributed by atoms with E-state index in [0.29, 0.717) is 68.8 Å². The Hall–Kier alpha value is -3.37. The van der Waals surface area contributed by atoms with E-state index in [1.807, 2.05) is 26.8 Å². The van der Waals surface area contributed by atoms with Crippen LogP contribution in [0.15, 0.2) is 26.1 Å². The molecule has 1 fully saturated rings. The number of phenols is 1. The number of pyridine rings is 1. The van der Waals surface area contributed by atoms with Gasteiger partial charge in [-0.1, -0.05) is 13.3 Å². The van der Waals surface area contributed by atoms with Crippen molar-refractivity contribution >= 4 is 44.3 Å². The highest BCUT2D eigenvalue weighted by Gasteiger charge is 2.50. The number of methoxy groups -OCH3 is 4. The van der Waals surface area contributed by atoms with Gasteiger partial charge in [-0.05, 0) is 67.8 Å². The van der Waals surface area contributed by atoms with Gasteiger partial charge in [0.1, 0.15) is 47.4 Å². The van der Waals surface area contributed by atoms with Crippen LogP contribution in [0.25, 0.3) is 21.7 Å². The molecule has 1 N–H and O–H groups in total. The lowest BCUT2D eigenvalue weighted by atomic mass is 9.88. The molecule has 6 rings (SSSR count). The SMILES string of the molecule is CCCc1cc2c(OC)c(CCc3cc(OC)c4c(=O)c5c(oc4c3OC)[C@H](OCOC)C[C@H]3OC(C)(C)O[C@@H]53)c(I)c(O)c2c(=O)n1C. The second-order valence-corrected chi connectivity index (χ2v) is 13.9. The molecule has 0 radical (unpaired) electrons. The van der Waals surface area contributed by atoms with E-state index in [4.69, 9.17) is 37.6 Å². The normalized spacial score (nSPS) is 19.7. The Kier molecular flexibility index (Phi) is 9.94. The summed E-state index contributed by atoms with van der Waals surface area (Å²) in [5, 5.41) is 12.3. The molecule has 0 saturated carbocycles. The fourth-order valence-corrected chi connectivity index (χ4v) is 8.00. The minimum absolute atomic E-state index is 0.0148.